The summed E-state index contributed by atoms with van der Waals surface area (Å²) in [5.74, 6) is -0.0384. The maximum atomic E-state index is 13.1. The van der Waals surface area contributed by atoms with E-state index in [0.717, 1.165) is 23.0 Å². The van der Waals surface area contributed by atoms with Crippen LogP contribution in [-0.2, 0) is 6.42 Å². The molecule has 0 spiro atoms. The normalized spacial score (nSPS) is 11.2. The molecule has 0 bridgehead atoms. The lowest BCUT2D eigenvalue weighted by Gasteiger charge is -2.10. The monoisotopic (exact) mass is 572 g/mol. The molecule has 0 unspecified atom stereocenters. The predicted octanol–water partition coefficient (Wildman–Crippen LogP) is 5.26. The number of rotatable bonds is 7. The molecule has 4 rings (SSSR count). The van der Waals surface area contributed by atoms with E-state index < -0.39 is 21.1 Å². The molecule has 4 aromatic rings. The first kappa shape index (κ1) is 24.9. The summed E-state index contributed by atoms with van der Waals surface area (Å²) >= 11 is 9.43. The summed E-state index contributed by atoms with van der Waals surface area (Å²) in [7, 11) is 0. The van der Waals surface area contributed by atoms with Crippen molar-refractivity contribution in [2.24, 2.45) is 5.10 Å². The minimum absolute atomic E-state index is 0.0239. The summed E-state index contributed by atoms with van der Waals surface area (Å²) in [6.45, 7) is 1.80. The molecule has 0 aliphatic carbocycles. The van der Waals surface area contributed by atoms with Crippen LogP contribution in [-0.4, -0.2) is 30.7 Å². The van der Waals surface area contributed by atoms with Crippen LogP contribution >= 0.6 is 27.5 Å². The SMILES string of the molecule is CCc1nc2ccc(Br)cc2c(=O)n1N=Cc1cc(Cl)cc([N+](=O)[O-])c1Oc1ccc([N+](=O)[O-])cn1. The molecule has 12 nitrogen and oxygen atoms in total. The third-order valence-electron chi connectivity index (χ3n) is 4.90. The Morgan fingerprint density at radius 3 is 2.58 bits per heavy atom. The van der Waals surface area contributed by atoms with Crippen molar-refractivity contribution in [3.63, 3.8) is 0 Å². The molecule has 0 amide bonds. The lowest BCUT2D eigenvalue weighted by atomic mass is 10.2. The first-order valence-corrected chi connectivity index (χ1v) is 11.4. The Hall–Kier alpha value is -4.23. The fraction of sp³-hybridized carbons (Fsp3) is 0.0909. The van der Waals surface area contributed by atoms with Crippen LogP contribution in [0.2, 0.25) is 5.02 Å². The van der Waals surface area contributed by atoms with Crippen LogP contribution < -0.4 is 10.3 Å². The number of ether oxygens (including phenoxy) is 1. The molecule has 0 N–H and O–H groups in total. The Bertz CT molecular complexity index is 1610. The van der Waals surface area contributed by atoms with Gasteiger partial charge in [0.15, 0.2) is 0 Å². The number of halogens is 2. The fourth-order valence-corrected chi connectivity index (χ4v) is 3.83. The van der Waals surface area contributed by atoms with Gasteiger partial charge in [-0.2, -0.15) is 9.78 Å². The van der Waals surface area contributed by atoms with E-state index in [0.29, 0.717) is 27.6 Å². The highest BCUT2D eigenvalue weighted by Crippen LogP contribution is 2.36. The highest BCUT2D eigenvalue weighted by Gasteiger charge is 2.22. The number of hydrogen-bond acceptors (Lipinski definition) is 9. The molecule has 0 radical (unpaired) electrons. The molecule has 14 heteroatoms. The van der Waals surface area contributed by atoms with Crippen LogP contribution in [0.1, 0.15) is 18.3 Å². The minimum Gasteiger partial charge on any atom is -0.431 e. The Morgan fingerprint density at radius 2 is 1.94 bits per heavy atom. The number of hydrogen-bond donors (Lipinski definition) is 0. The second-order valence-electron chi connectivity index (χ2n) is 7.22. The molecular formula is C22H14BrClN6O6. The van der Waals surface area contributed by atoms with Gasteiger partial charge >= 0.3 is 5.69 Å². The molecule has 2 aromatic carbocycles. The number of nitro benzene ring substituents is 1. The second kappa shape index (κ2) is 10.2. The first-order valence-electron chi connectivity index (χ1n) is 10.2. The number of benzene rings is 2. The van der Waals surface area contributed by atoms with Crippen molar-refractivity contribution >= 4 is 56.0 Å². The summed E-state index contributed by atoms with van der Waals surface area (Å²) in [6, 6.07) is 9.88. The van der Waals surface area contributed by atoms with E-state index >= 15 is 0 Å². The van der Waals surface area contributed by atoms with E-state index in [1.165, 1.54) is 18.3 Å². The topological polar surface area (TPSA) is 156 Å². The highest BCUT2D eigenvalue weighted by atomic mass is 79.9. The van der Waals surface area contributed by atoms with Gasteiger partial charge in [0, 0.05) is 39.7 Å². The van der Waals surface area contributed by atoms with Crippen molar-refractivity contribution in [2.45, 2.75) is 13.3 Å². The zero-order chi connectivity index (χ0) is 26.0. The third kappa shape index (κ3) is 5.06. The molecule has 182 valence electrons. The van der Waals surface area contributed by atoms with Gasteiger partial charge < -0.3 is 4.74 Å². The largest absolute Gasteiger partial charge is 0.431 e. The Labute approximate surface area is 215 Å². The van der Waals surface area contributed by atoms with Gasteiger partial charge in [-0.15, -0.1) is 0 Å². The summed E-state index contributed by atoms with van der Waals surface area (Å²) < 4.78 is 7.40. The van der Waals surface area contributed by atoms with Crippen LogP contribution in [0.5, 0.6) is 11.6 Å². The summed E-state index contributed by atoms with van der Waals surface area (Å²) in [4.78, 5) is 42.7. The van der Waals surface area contributed by atoms with Gasteiger partial charge in [-0.25, -0.2) is 9.97 Å². The van der Waals surface area contributed by atoms with E-state index in [9.17, 15) is 25.0 Å². The molecule has 36 heavy (non-hydrogen) atoms. The average Bonchev–Trinajstić information content (AvgIpc) is 2.85. The van der Waals surface area contributed by atoms with Crippen molar-refractivity contribution in [3.8, 4) is 11.6 Å². The highest BCUT2D eigenvalue weighted by molar-refractivity contribution is 9.10. The zero-order valence-corrected chi connectivity index (χ0v) is 20.6. The number of fused-ring (bicyclic) bond motifs is 1. The Balaban J connectivity index is 1.84. The van der Waals surface area contributed by atoms with Crippen LogP contribution in [0, 0.1) is 20.2 Å². The molecule has 0 saturated heterocycles. The molecule has 0 aliphatic rings. The minimum atomic E-state index is -0.706. The summed E-state index contributed by atoms with van der Waals surface area (Å²) in [5.41, 5.74) is -0.648. The number of nitro groups is 2. The molecule has 0 saturated carbocycles. The maximum absolute atomic E-state index is 13.1. The molecule has 0 aliphatic heterocycles. The average molecular weight is 574 g/mol. The molecule has 2 aromatic heterocycles. The van der Waals surface area contributed by atoms with E-state index in [1.807, 2.05) is 0 Å². The first-order chi connectivity index (χ1) is 17.2. The zero-order valence-electron chi connectivity index (χ0n) is 18.3. The summed E-state index contributed by atoms with van der Waals surface area (Å²) in [6.07, 6.45) is 2.52. The van der Waals surface area contributed by atoms with Crippen LogP contribution in [0.3, 0.4) is 0 Å². The van der Waals surface area contributed by atoms with Gasteiger partial charge in [0.1, 0.15) is 12.0 Å². The van der Waals surface area contributed by atoms with Gasteiger partial charge in [-0.3, -0.25) is 25.0 Å². The quantitative estimate of drug-likeness (QED) is 0.165. The van der Waals surface area contributed by atoms with E-state index in [-0.39, 0.29) is 27.9 Å². The lowest BCUT2D eigenvalue weighted by Crippen LogP contribution is -2.22. The van der Waals surface area contributed by atoms with Crippen molar-refractivity contribution < 1.29 is 14.6 Å². The lowest BCUT2D eigenvalue weighted by molar-refractivity contribution is -0.385. The Kier molecular flexibility index (Phi) is 7.03. The van der Waals surface area contributed by atoms with Gasteiger partial charge in [-0.05, 0) is 24.3 Å². The van der Waals surface area contributed by atoms with Crippen molar-refractivity contribution in [1.29, 1.82) is 0 Å². The fourth-order valence-electron chi connectivity index (χ4n) is 3.25. The van der Waals surface area contributed by atoms with E-state index in [4.69, 9.17) is 16.3 Å². The number of aromatic nitrogens is 3. The standard InChI is InChI=1S/C22H14BrClN6O6/c1-2-19-27-17-5-3-13(23)8-16(17)22(31)28(19)26-10-12-7-14(24)9-18(30(34)35)21(12)36-20-6-4-15(11-25-20)29(32)33/h3-11H,2H2,1H3. The number of nitrogens with zero attached hydrogens (tertiary/aromatic N) is 6. The van der Waals surface area contributed by atoms with Gasteiger partial charge in [0.25, 0.3) is 11.2 Å². The van der Waals surface area contributed by atoms with Gasteiger partial charge in [-0.1, -0.05) is 34.5 Å². The van der Waals surface area contributed by atoms with Crippen molar-refractivity contribution in [2.75, 3.05) is 0 Å². The predicted molar refractivity (Wildman–Crippen MR) is 135 cm³/mol. The number of pyridine rings is 1. The molecular weight excluding hydrogens is 560 g/mol. The summed E-state index contributed by atoms with van der Waals surface area (Å²) in [5, 5.41) is 27.2. The number of aryl methyl sites for hydroxylation is 1. The molecule has 2 heterocycles. The van der Waals surface area contributed by atoms with Crippen LogP contribution in [0.4, 0.5) is 11.4 Å². The smallest absolute Gasteiger partial charge is 0.313 e. The van der Waals surface area contributed by atoms with Gasteiger partial charge in [0.2, 0.25) is 11.6 Å². The van der Waals surface area contributed by atoms with Crippen molar-refractivity contribution in [3.05, 3.63) is 100 Å². The third-order valence-corrected chi connectivity index (χ3v) is 5.61. The molecule has 0 atom stereocenters. The van der Waals surface area contributed by atoms with Crippen LogP contribution in [0.15, 0.2) is 63.0 Å². The second-order valence-corrected chi connectivity index (χ2v) is 8.57. The maximum Gasteiger partial charge on any atom is 0.313 e. The van der Waals surface area contributed by atoms with Gasteiger partial charge in [0.05, 0.1) is 27.0 Å². The Morgan fingerprint density at radius 1 is 1.17 bits per heavy atom. The van der Waals surface area contributed by atoms with Crippen LogP contribution in [0.25, 0.3) is 10.9 Å². The van der Waals surface area contributed by atoms with E-state index in [1.54, 1.807) is 25.1 Å². The van der Waals surface area contributed by atoms with Crippen molar-refractivity contribution in [1.82, 2.24) is 14.6 Å². The van der Waals surface area contributed by atoms with E-state index in [2.05, 4.69) is 31.0 Å². The molecule has 0 fully saturated rings.